The Bertz CT molecular complexity index is 576. The van der Waals surface area contributed by atoms with Crippen LogP contribution in [0.25, 0.3) is 11.6 Å². The van der Waals surface area contributed by atoms with Crippen LogP contribution in [0.15, 0.2) is 72.8 Å². The topological polar surface area (TPSA) is 0 Å². The van der Waals surface area contributed by atoms with Crippen LogP contribution in [0.3, 0.4) is 0 Å². The average molecular weight is 290 g/mol. The molecule has 0 aliphatic heterocycles. The highest BCUT2D eigenvalue weighted by atomic mass is 14.0. The number of benzene rings is 2. The third-order valence-electron chi connectivity index (χ3n) is 3.75. The second-order valence-corrected chi connectivity index (χ2v) is 5.63. The summed E-state index contributed by atoms with van der Waals surface area (Å²) in [5, 5.41) is 0. The predicted octanol–water partition coefficient (Wildman–Crippen LogP) is 6.75. The molecule has 0 heteroatoms. The van der Waals surface area contributed by atoms with Crippen LogP contribution in [-0.4, -0.2) is 0 Å². The van der Waals surface area contributed by atoms with Gasteiger partial charge in [-0.15, -0.1) is 0 Å². The third kappa shape index (κ3) is 5.73. The summed E-state index contributed by atoms with van der Waals surface area (Å²) < 4.78 is 0. The van der Waals surface area contributed by atoms with Crippen LogP contribution in [0.4, 0.5) is 0 Å². The summed E-state index contributed by atoms with van der Waals surface area (Å²) in [6.07, 6.45) is 13.3. The Labute approximate surface area is 135 Å². The smallest absolute Gasteiger partial charge is 0.0181 e. The lowest BCUT2D eigenvalue weighted by molar-refractivity contribution is 0.674. The van der Waals surface area contributed by atoms with Crippen molar-refractivity contribution in [1.29, 1.82) is 0 Å². The molecule has 0 heterocycles. The highest BCUT2D eigenvalue weighted by molar-refractivity contribution is 5.87. The molecule has 0 nitrogen and oxygen atoms in total. The molecule has 0 aliphatic rings. The van der Waals surface area contributed by atoms with Crippen molar-refractivity contribution in [3.63, 3.8) is 0 Å². The third-order valence-corrected chi connectivity index (χ3v) is 3.75. The molecule has 0 saturated heterocycles. The van der Waals surface area contributed by atoms with Gasteiger partial charge in [0.25, 0.3) is 0 Å². The lowest BCUT2D eigenvalue weighted by Gasteiger charge is -2.04. The van der Waals surface area contributed by atoms with Gasteiger partial charge in [0.2, 0.25) is 0 Å². The molecular weight excluding hydrogens is 264 g/mol. The predicted molar refractivity (Wildman–Crippen MR) is 98.7 cm³/mol. The number of unbranched alkanes of at least 4 members (excludes halogenated alkanes) is 4. The Hall–Kier alpha value is -2.08. The molecule has 0 aromatic heterocycles. The molecule has 0 aliphatic carbocycles. The Morgan fingerprint density at radius 1 is 0.818 bits per heavy atom. The van der Waals surface area contributed by atoms with E-state index in [-0.39, 0.29) is 0 Å². The molecule has 0 bridgehead atoms. The van der Waals surface area contributed by atoms with Gasteiger partial charge in [-0.1, -0.05) is 99.0 Å². The van der Waals surface area contributed by atoms with Crippen molar-refractivity contribution in [2.75, 3.05) is 0 Å². The maximum Gasteiger partial charge on any atom is -0.0181 e. The SMILES string of the molecule is CCCCCC/C=C/C(=C/c1ccccc1)c1ccccc1. The van der Waals surface area contributed by atoms with Crippen LogP contribution >= 0.6 is 0 Å². The van der Waals surface area contributed by atoms with E-state index in [1.54, 1.807) is 0 Å². The molecule has 0 fully saturated rings. The van der Waals surface area contributed by atoms with Crippen molar-refractivity contribution in [3.8, 4) is 0 Å². The minimum absolute atomic E-state index is 1.17. The highest BCUT2D eigenvalue weighted by Crippen LogP contribution is 2.20. The maximum absolute atomic E-state index is 2.32. The molecular formula is C22H26. The fraction of sp³-hybridized carbons (Fsp3) is 0.273. The zero-order valence-electron chi connectivity index (χ0n) is 13.5. The van der Waals surface area contributed by atoms with Gasteiger partial charge in [-0.25, -0.2) is 0 Å². The van der Waals surface area contributed by atoms with Gasteiger partial charge in [0, 0.05) is 0 Å². The van der Waals surface area contributed by atoms with E-state index in [1.807, 2.05) is 0 Å². The lowest BCUT2D eigenvalue weighted by atomic mass is 10.0. The molecule has 0 unspecified atom stereocenters. The van der Waals surface area contributed by atoms with Crippen LogP contribution in [-0.2, 0) is 0 Å². The number of allylic oxidation sites excluding steroid dienone is 3. The summed E-state index contributed by atoms with van der Waals surface area (Å²) >= 11 is 0. The first-order chi connectivity index (χ1) is 10.9. The zero-order valence-corrected chi connectivity index (χ0v) is 13.5. The summed E-state index contributed by atoms with van der Waals surface area (Å²) in [7, 11) is 0. The van der Waals surface area contributed by atoms with E-state index in [1.165, 1.54) is 48.8 Å². The van der Waals surface area contributed by atoms with Crippen molar-refractivity contribution in [1.82, 2.24) is 0 Å². The Kier molecular flexibility index (Phi) is 7.25. The van der Waals surface area contributed by atoms with E-state index in [9.17, 15) is 0 Å². The van der Waals surface area contributed by atoms with Crippen LogP contribution < -0.4 is 0 Å². The van der Waals surface area contributed by atoms with Crippen LogP contribution in [0.5, 0.6) is 0 Å². The molecule has 0 radical (unpaired) electrons. The molecule has 2 aromatic carbocycles. The standard InChI is InChI=1S/C22H26/c1-2-3-4-5-6-11-18-22(21-16-12-8-13-17-21)19-20-14-9-7-10-15-20/h7-19H,2-6H2,1H3/b18-11+,22-19-. The Morgan fingerprint density at radius 2 is 1.50 bits per heavy atom. The molecule has 22 heavy (non-hydrogen) atoms. The molecule has 0 saturated carbocycles. The molecule has 114 valence electrons. The van der Waals surface area contributed by atoms with E-state index in [0.717, 1.165) is 0 Å². The van der Waals surface area contributed by atoms with Gasteiger partial charge in [0.05, 0.1) is 0 Å². The van der Waals surface area contributed by atoms with Crippen molar-refractivity contribution in [3.05, 3.63) is 83.9 Å². The normalized spacial score (nSPS) is 12.0. The molecule has 0 spiro atoms. The van der Waals surface area contributed by atoms with Crippen LogP contribution in [0, 0.1) is 0 Å². The number of hydrogen-bond donors (Lipinski definition) is 0. The summed E-state index contributed by atoms with van der Waals surface area (Å²) in [5.41, 5.74) is 3.80. The summed E-state index contributed by atoms with van der Waals surface area (Å²) in [5.74, 6) is 0. The largest absolute Gasteiger partial charge is 0.0839 e. The maximum atomic E-state index is 2.32. The average Bonchev–Trinajstić information content (AvgIpc) is 2.58. The van der Waals surface area contributed by atoms with Gasteiger partial charge in [0.1, 0.15) is 0 Å². The Balaban J connectivity index is 2.09. The number of hydrogen-bond acceptors (Lipinski definition) is 0. The van der Waals surface area contributed by atoms with E-state index in [4.69, 9.17) is 0 Å². The minimum atomic E-state index is 1.17. The number of rotatable bonds is 8. The molecule has 2 rings (SSSR count). The Morgan fingerprint density at radius 3 is 2.18 bits per heavy atom. The van der Waals surface area contributed by atoms with Crippen molar-refractivity contribution >= 4 is 11.6 Å². The van der Waals surface area contributed by atoms with E-state index >= 15 is 0 Å². The quantitative estimate of drug-likeness (QED) is 0.286. The summed E-state index contributed by atoms with van der Waals surface area (Å²) in [4.78, 5) is 0. The summed E-state index contributed by atoms with van der Waals surface area (Å²) in [6, 6.07) is 21.2. The lowest BCUT2D eigenvalue weighted by Crippen LogP contribution is -1.82. The van der Waals surface area contributed by atoms with Gasteiger partial charge >= 0.3 is 0 Å². The first-order valence-electron chi connectivity index (χ1n) is 8.39. The summed E-state index contributed by atoms with van der Waals surface area (Å²) in [6.45, 7) is 2.26. The molecule has 2 aromatic rings. The van der Waals surface area contributed by atoms with E-state index in [0.29, 0.717) is 0 Å². The van der Waals surface area contributed by atoms with Crippen molar-refractivity contribution in [2.45, 2.75) is 39.0 Å². The fourth-order valence-corrected chi connectivity index (χ4v) is 2.49. The first-order valence-corrected chi connectivity index (χ1v) is 8.39. The van der Waals surface area contributed by atoms with Crippen LogP contribution in [0.1, 0.15) is 50.2 Å². The van der Waals surface area contributed by atoms with E-state index < -0.39 is 0 Å². The molecule has 0 amide bonds. The van der Waals surface area contributed by atoms with Gasteiger partial charge in [-0.05, 0) is 35.6 Å². The second-order valence-electron chi connectivity index (χ2n) is 5.63. The van der Waals surface area contributed by atoms with Crippen molar-refractivity contribution in [2.24, 2.45) is 0 Å². The van der Waals surface area contributed by atoms with Gasteiger partial charge in [0.15, 0.2) is 0 Å². The van der Waals surface area contributed by atoms with Gasteiger partial charge in [-0.3, -0.25) is 0 Å². The zero-order chi connectivity index (χ0) is 15.5. The van der Waals surface area contributed by atoms with Gasteiger partial charge < -0.3 is 0 Å². The minimum Gasteiger partial charge on any atom is -0.0839 e. The molecule has 0 N–H and O–H groups in total. The van der Waals surface area contributed by atoms with Crippen molar-refractivity contribution < 1.29 is 0 Å². The monoisotopic (exact) mass is 290 g/mol. The first kappa shape index (κ1) is 16.3. The second kappa shape index (κ2) is 9.78. The van der Waals surface area contributed by atoms with Crippen LogP contribution in [0.2, 0.25) is 0 Å². The molecule has 0 atom stereocenters. The highest BCUT2D eigenvalue weighted by Gasteiger charge is 1.97. The van der Waals surface area contributed by atoms with E-state index in [2.05, 4.69) is 85.8 Å². The fourth-order valence-electron chi connectivity index (χ4n) is 2.49. The van der Waals surface area contributed by atoms with Gasteiger partial charge in [-0.2, -0.15) is 0 Å².